The number of aryl methyl sites for hydroxylation is 1. The molecule has 0 radical (unpaired) electrons. The maximum absolute atomic E-state index is 12.2. The van der Waals surface area contributed by atoms with Gasteiger partial charge < -0.3 is 14.6 Å². The highest BCUT2D eigenvalue weighted by Crippen LogP contribution is 2.32. The van der Waals surface area contributed by atoms with Gasteiger partial charge in [0.15, 0.2) is 5.13 Å². The number of rotatable bonds is 6. The van der Waals surface area contributed by atoms with Crippen LogP contribution in [0.5, 0.6) is 0 Å². The van der Waals surface area contributed by atoms with Crippen LogP contribution in [0.2, 0.25) is 0 Å². The molecule has 27 heavy (non-hydrogen) atoms. The number of carbonyl (C=O) groups excluding carboxylic acids is 1. The Morgan fingerprint density at radius 3 is 3.04 bits per heavy atom. The fraction of sp³-hybridized carbons (Fsp3) is 0.429. The molecule has 5 nitrogen and oxygen atoms in total. The minimum atomic E-state index is 0.0983. The number of hydrogen-bond donors (Lipinski definition) is 1. The highest BCUT2D eigenvalue weighted by molar-refractivity contribution is 7.22. The molecule has 0 aliphatic carbocycles. The van der Waals surface area contributed by atoms with Gasteiger partial charge in [0.1, 0.15) is 11.5 Å². The van der Waals surface area contributed by atoms with Crippen molar-refractivity contribution >= 4 is 32.6 Å². The fourth-order valence-corrected chi connectivity index (χ4v) is 4.66. The minimum absolute atomic E-state index is 0.0983. The van der Waals surface area contributed by atoms with Crippen LogP contribution in [0.25, 0.3) is 10.2 Å². The minimum Gasteiger partial charge on any atom is -0.465 e. The lowest BCUT2D eigenvalue weighted by molar-refractivity contribution is -0.121. The van der Waals surface area contributed by atoms with Crippen LogP contribution in [-0.4, -0.2) is 24.0 Å². The molecular formula is C21H25N3O2S. The van der Waals surface area contributed by atoms with E-state index in [1.807, 2.05) is 25.1 Å². The number of benzene rings is 1. The zero-order valence-corrected chi connectivity index (χ0v) is 16.4. The Hall–Kier alpha value is -2.34. The van der Waals surface area contributed by atoms with Crippen LogP contribution in [-0.2, 0) is 11.3 Å². The van der Waals surface area contributed by atoms with Gasteiger partial charge in [-0.3, -0.25) is 4.79 Å². The molecule has 1 aromatic carbocycles. The summed E-state index contributed by atoms with van der Waals surface area (Å²) in [6, 6.07) is 12.1. The third-order valence-corrected chi connectivity index (χ3v) is 6.20. The van der Waals surface area contributed by atoms with E-state index in [-0.39, 0.29) is 5.91 Å². The highest BCUT2D eigenvalue weighted by atomic mass is 32.1. The van der Waals surface area contributed by atoms with E-state index in [0.717, 1.165) is 48.1 Å². The molecule has 0 spiro atoms. The van der Waals surface area contributed by atoms with Gasteiger partial charge in [0, 0.05) is 19.5 Å². The first kappa shape index (κ1) is 18.0. The molecule has 0 bridgehead atoms. The van der Waals surface area contributed by atoms with E-state index in [1.54, 1.807) is 11.3 Å². The summed E-state index contributed by atoms with van der Waals surface area (Å²) < 4.78 is 6.73. The standard InChI is InChI=1S/C21H25N3O2S/c1-15-8-10-17(26-15)13-22-20(25)11-9-16-5-4-12-24(14-16)21-23-18-6-2-3-7-19(18)27-21/h2-3,6-8,10,16H,4-5,9,11-14H2,1H3,(H,22,25). The molecular weight excluding hydrogens is 358 g/mol. The molecule has 1 atom stereocenters. The zero-order chi connectivity index (χ0) is 18.6. The lowest BCUT2D eigenvalue weighted by atomic mass is 9.93. The maximum Gasteiger partial charge on any atom is 0.220 e. The predicted molar refractivity (Wildman–Crippen MR) is 109 cm³/mol. The molecule has 3 aromatic rings. The third-order valence-electron chi connectivity index (χ3n) is 5.11. The molecule has 2 aromatic heterocycles. The van der Waals surface area contributed by atoms with Gasteiger partial charge in [0.05, 0.1) is 16.8 Å². The van der Waals surface area contributed by atoms with Crippen molar-refractivity contribution in [2.24, 2.45) is 5.92 Å². The Morgan fingerprint density at radius 2 is 2.22 bits per heavy atom. The number of nitrogens with one attached hydrogen (secondary N) is 1. The molecule has 1 N–H and O–H groups in total. The van der Waals surface area contributed by atoms with Crippen molar-refractivity contribution in [3.8, 4) is 0 Å². The molecule has 1 aliphatic rings. The van der Waals surface area contributed by atoms with Crippen LogP contribution in [0.3, 0.4) is 0 Å². The second-order valence-electron chi connectivity index (χ2n) is 7.25. The molecule has 1 fully saturated rings. The number of furan rings is 1. The van der Waals surface area contributed by atoms with Crippen LogP contribution < -0.4 is 10.2 Å². The van der Waals surface area contributed by atoms with Gasteiger partial charge in [0.25, 0.3) is 0 Å². The maximum atomic E-state index is 12.2. The summed E-state index contributed by atoms with van der Waals surface area (Å²) in [4.78, 5) is 19.3. The van der Waals surface area contributed by atoms with Crippen molar-refractivity contribution in [2.45, 2.75) is 39.2 Å². The molecule has 1 unspecified atom stereocenters. The number of nitrogens with zero attached hydrogens (tertiary/aromatic N) is 2. The van der Waals surface area contributed by atoms with Crippen molar-refractivity contribution in [3.05, 3.63) is 47.9 Å². The van der Waals surface area contributed by atoms with Crippen molar-refractivity contribution in [2.75, 3.05) is 18.0 Å². The Balaban J connectivity index is 1.27. The first-order valence-electron chi connectivity index (χ1n) is 9.60. The number of carbonyl (C=O) groups is 1. The van der Waals surface area contributed by atoms with Crippen molar-refractivity contribution in [1.82, 2.24) is 10.3 Å². The Morgan fingerprint density at radius 1 is 1.33 bits per heavy atom. The normalized spacial score (nSPS) is 17.4. The van der Waals surface area contributed by atoms with Crippen LogP contribution in [0.15, 0.2) is 40.8 Å². The van der Waals surface area contributed by atoms with E-state index < -0.39 is 0 Å². The van der Waals surface area contributed by atoms with E-state index >= 15 is 0 Å². The fourth-order valence-electron chi connectivity index (χ4n) is 3.66. The lowest BCUT2D eigenvalue weighted by Crippen LogP contribution is -2.36. The van der Waals surface area contributed by atoms with Crippen LogP contribution in [0, 0.1) is 12.8 Å². The van der Waals surface area contributed by atoms with E-state index in [4.69, 9.17) is 9.40 Å². The molecule has 4 rings (SSSR count). The summed E-state index contributed by atoms with van der Waals surface area (Å²) in [6.45, 7) is 4.42. The summed E-state index contributed by atoms with van der Waals surface area (Å²) in [5.41, 5.74) is 1.08. The second kappa shape index (κ2) is 8.13. The van der Waals surface area contributed by atoms with Gasteiger partial charge >= 0.3 is 0 Å². The Kier molecular flexibility index (Phi) is 5.43. The van der Waals surface area contributed by atoms with Gasteiger partial charge in [-0.25, -0.2) is 4.98 Å². The van der Waals surface area contributed by atoms with Crippen molar-refractivity contribution in [1.29, 1.82) is 0 Å². The first-order chi connectivity index (χ1) is 13.2. The van der Waals surface area contributed by atoms with Crippen LogP contribution >= 0.6 is 11.3 Å². The van der Waals surface area contributed by atoms with Gasteiger partial charge in [0.2, 0.25) is 5.91 Å². The van der Waals surface area contributed by atoms with Gasteiger partial charge in [-0.05, 0) is 56.4 Å². The Bertz CT molecular complexity index is 884. The number of amides is 1. The van der Waals surface area contributed by atoms with Crippen molar-refractivity contribution < 1.29 is 9.21 Å². The molecule has 142 valence electrons. The number of hydrogen-bond acceptors (Lipinski definition) is 5. The number of para-hydroxylation sites is 1. The van der Waals surface area contributed by atoms with Gasteiger partial charge in [-0.15, -0.1) is 0 Å². The van der Waals surface area contributed by atoms with Crippen LogP contribution in [0.1, 0.15) is 37.2 Å². The van der Waals surface area contributed by atoms with Crippen LogP contribution in [0.4, 0.5) is 5.13 Å². The number of anilines is 1. The van der Waals surface area contributed by atoms with Gasteiger partial charge in [-0.1, -0.05) is 23.5 Å². The molecule has 0 saturated carbocycles. The molecule has 1 aliphatic heterocycles. The second-order valence-corrected chi connectivity index (χ2v) is 8.26. The summed E-state index contributed by atoms with van der Waals surface area (Å²) >= 11 is 1.76. The molecule has 1 amide bonds. The summed E-state index contributed by atoms with van der Waals surface area (Å²) in [5, 5.41) is 4.07. The number of aromatic nitrogens is 1. The number of fused-ring (bicyclic) bond motifs is 1. The monoisotopic (exact) mass is 383 g/mol. The van der Waals surface area contributed by atoms with E-state index in [2.05, 4.69) is 28.4 Å². The molecule has 1 saturated heterocycles. The number of thiazole rings is 1. The SMILES string of the molecule is Cc1ccc(CNC(=O)CCC2CCCN(c3nc4ccccc4s3)C2)o1. The zero-order valence-electron chi connectivity index (χ0n) is 15.6. The average molecular weight is 384 g/mol. The summed E-state index contributed by atoms with van der Waals surface area (Å²) in [5.74, 6) is 2.32. The third kappa shape index (κ3) is 4.50. The predicted octanol–water partition coefficient (Wildman–Crippen LogP) is 4.51. The van der Waals surface area contributed by atoms with Gasteiger partial charge in [-0.2, -0.15) is 0 Å². The summed E-state index contributed by atoms with van der Waals surface area (Å²) in [6.07, 6.45) is 3.84. The largest absolute Gasteiger partial charge is 0.465 e. The quantitative estimate of drug-likeness (QED) is 0.680. The van der Waals surface area contributed by atoms with E-state index in [9.17, 15) is 4.79 Å². The van der Waals surface area contributed by atoms with E-state index in [1.165, 1.54) is 11.1 Å². The Labute approximate surface area is 163 Å². The molecule has 3 heterocycles. The topological polar surface area (TPSA) is 58.4 Å². The van der Waals surface area contributed by atoms with E-state index in [0.29, 0.717) is 18.9 Å². The highest BCUT2D eigenvalue weighted by Gasteiger charge is 2.23. The smallest absolute Gasteiger partial charge is 0.220 e. The lowest BCUT2D eigenvalue weighted by Gasteiger charge is -2.32. The first-order valence-corrected chi connectivity index (χ1v) is 10.4. The number of piperidine rings is 1. The van der Waals surface area contributed by atoms with Crippen molar-refractivity contribution in [3.63, 3.8) is 0 Å². The summed E-state index contributed by atoms with van der Waals surface area (Å²) in [7, 11) is 0. The average Bonchev–Trinajstić information content (AvgIpc) is 3.31. The molecule has 6 heteroatoms.